The first-order valence-electron chi connectivity index (χ1n) is 21.9. The third kappa shape index (κ3) is 12.3. The number of carboxylic acid groups (broad SMARTS) is 1. The maximum Gasteiger partial charge on any atom is 0.303 e. The number of fused-ring (bicyclic) bond motifs is 2. The summed E-state index contributed by atoms with van der Waals surface area (Å²) in [4.78, 5) is 13.3. The molecule has 1 atom stereocenters. The Balaban J connectivity index is 1.49. The van der Waals surface area contributed by atoms with Gasteiger partial charge in [-0.05, 0) is 134 Å². The minimum Gasteiger partial charge on any atom is -0.481 e. The van der Waals surface area contributed by atoms with Crippen molar-refractivity contribution in [1.29, 1.82) is 0 Å². The number of aliphatic carboxylic acids is 1. The van der Waals surface area contributed by atoms with Crippen LogP contribution in [0.5, 0.6) is 0 Å². The summed E-state index contributed by atoms with van der Waals surface area (Å²) in [6, 6.07) is 17.2. The lowest BCUT2D eigenvalue weighted by molar-refractivity contribution is -0.438. The lowest BCUT2D eigenvalue weighted by Crippen LogP contribution is -2.28. The third-order valence-corrected chi connectivity index (χ3v) is 16.2. The van der Waals surface area contributed by atoms with Crippen LogP contribution in [0.3, 0.4) is 0 Å². The molecule has 1 aliphatic carbocycles. The SMILES string of the molecule is C=S(=O)(O)c1ccc2c(c1)C(C)(C)C(C=CC1=C(c3ccc(CCC(=O)O)cc3)C(=CC=C3N(CCCCS(=O)(=O)O)c4ccc(S(=O)(=O)O)cc4C3(C)C)CCC1)=[N+]2CCCCS(=O)(=O)O. The van der Waals surface area contributed by atoms with Crippen LogP contribution in [0.1, 0.15) is 101 Å². The number of carboxylic acids is 1. The van der Waals surface area contributed by atoms with Gasteiger partial charge in [0.2, 0.25) is 5.69 Å². The quantitative estimate of drug-likeness (QED) is 0.0331. The van der Waals surface area contributed by atoms with Crippen LogP contribution in [0.25, 0.3) is 5.57 Å². The molecule has 15 nitrogen and oxygen atoms in total. The fourth-order valence-corrected chi connectivity index (χ4v) is 11.6. The largest absolute Gasteiger partial charge is 0.481 e. The third-order valence-electron chi connectivity index (χ3n) is 12.8. The van der Waals surface area contributed by atoms with Crippen molar-refractivity contribution in [2.45, 2.75) is 106 Å². The van der Waals surface area contributed by atoms with Crippen molar-refractivity contribution in [3.63, 3.8) is 0 Å². The van der Waals surface area contributed by atoms with Gasteiger partial charge in [0.05, 0.1) is 26.7 Å². The van der Waals surface area contributed by atoms with E-state index in [1.807, 2.05) is 75.1 Å². The van der Waals surface area contributed by atoms with E-state index in [2.05, 4.69) is 16.5 Å². The van der Waals surface area contributed by atoms with Crippen molar-refractivity contribution < 1.29 is 62.1 Å². The Morgan fingerprint density at radius 2 is 1.37 bits per heavy atom. The summed E-state index contributed by atoms with van der Waals surface area (Å²) in [5.74, 6) is 1.74. The average Bonchev–Trinajstić information content (AvgIpc) is 3.57. The zero-order valence-corrected chi connectivity index (χ0v) is 41.3. The molecule has 6 rings (SSSR count). The van der Waals surface area contributed by atoms with E-state index in [9.17, 15) is 57.6 Å². The Hall–Kier alpha value is -4.73. The highest BCUT2D eigenvalue weighted by atomic mass is 32.2. The molecule has 67 heavy (non-hydrogen) atoms. The van der Waals surface area contributed by atoms with E-state index in [1.165, 1.54) is 12.1 Å². The molecule has 5 N–H and O–H groups in total. The fraction of sp³-hybridized carbons (Fsp3) is 0.396. The first kappa shape index (κ1) is 51.7. The molecule has 2 heterocycles. The lowest BCUT2D eigenvalue weighted by Gasteiger charge is -2.28. The van der Waals surface area contributed by atoms with Crippen molar-refractivity contribution in [3.8, 4) is 0 Å². The molecular weight excluding hydrogens is 941 g/mol. The molecular formula is C48H59N2O13S4+. The van der Waals surface area contributed by atoms with Crippen LogP contribution in [-0.4, -0.2) is 99.5 Å². The predicted molar refractivity (Wildman–Crippen MR) is 262 cm³/mol. The summed E-state index contributed by atoms with van der Waals surface area (Å²) in [5.41, 5.74) is 7.73. The summed E-state index contributed by atoms with van der Waals surface area (Å²) < 4.78 is 125. The molecule has 0 aromatic heterocycles. The lowest BCUT2D eigenvalue weighted by atomic mass is 9.79. The molecule has 1 unspecified atom stereocenters. The normalized spacial score (nSPS) is 19.4. The van der Waals surface area contributed by atoms with Crippen LogP contribution >= 0.6 is 0 Å². The number of hydrogen-bond acceptors (Lipinski definition) is 9. The van der Waals surface area contributed by atoms with Crippen LogP contribution in [0.4, 0.5) is 11.4 Å². The standard InChI is InChI=1S/C48H58N2O13S4/c1-47(2)39-31-37(64(5,53)54)20-22-41(39)49(27-6-8-29-65(55,56)57)43(47)24-18-34-11-10-12-35(46(34)36-16-13-33(14-17-36)15-26-45(51)52)19-25-44-48(3,4)40-32-38(67(61,62)63)21-23-42(40)50(44)28-7-9-30-66(58,59)60/h13-14,16-25,31-32H,5-12,15,26-30H2,1-4H3,(H4-,51,52,53,54,55,56,57,58,59,60,61,62,63)/p+1. The van der Waals surface area contributed by atoms with Crippen LogP contribution in [0.15, 0.2) is 112 Å². The van der Waals surface area contributed by atoms with E-state index in [-0.39, 0.29) is 29.1 Å². The minimum atomic E-state index is -4.53. The number of rotatable bonds is 19. The maximum absolute atomic E-state index is 12.7. The van der Waals surface area contributed by atoms with E-state index >= 15 is 0 Å². The Morgan fingerprint density at radius 1 is 0.746 bits per heavy atom. The second-order valence-electron chi connectivity index (χ2n) is 18.3. The predicted octanol–water partition coefficient (Wildman–Crippen LogP) is 8.01. The van der Waals surface area contributed by atoms with Gasteiger partial charge in [-0.1, -0.05) is 50.3 Å². The number of carbonyl (C=O) groups is 1. The van der Waals surface area contributed by atoms with E-state index in [1.54, 1.807) is 24.3 Å². The Morgan fingerprint density at radius 3 is 1.99 bits per heavy atom. The number of benzene rings is 3. The highest BCUT2D eigenvalue weighted by Gasteiger charge is 2.45. The number of hydrogen-bond donors (Lipinski definition) is 5. The van der Waals surface area contributed by atoms with Gasteiger partial charge in [-0.3, -0.25) is 18.5 Å². The first-order valence-corrected chi connectivity index (χ1v) is 28.3. The van der Waals surface area contributed by atoms with Gasteiger partial charge < -0.3 is 14.6 Å². The van der Waals surface area contributed by atoms with Gasteiger partial charge in [-0.2, -0.15) is 29.8 Å². The number of nitrogens with zero attached hydrogens (tertiary/aromatic N) is 2. The summed E-state index contributed by atoms with van der Waals surface area (Å²) in [5, 5.41) is 9.34. The minimum absolute atomic E-state index is 0.0280. The van der Waals surface area contributed by atoms with Gasteiger partial charge in [0.25, 0.3) is 30.4 Å². The molecule has 3 aliphatic rings. The van der Waals surface area contributed by atoms with E-state index in [0.717, 1.165) is 56.9 Å². The molecule has 3 aromatic rings. The van der Waals surface area contributed by atoms with Gasteiger partial charge in [0, 0.05) is 53.9 Å². The second-order valence-corrected chi connectivity index (χ2v) is 24.6. The van der Waals surface area contributed by atoms with Crippen molar-refractivity contribution in [1.82, 2.24) is 0 Å². The molecule has 0 radical (unpaired) electrons. The summed E-state index contributed by atoms with van der Waals surface area (Å²) in [6.07, 6.45) is 11.7. The summed E-state index contributed by atoms with van der Waals surface area (Å²) in [7, 11) is -16.4. The number of unbranched alkanes of at least 4 members (excludes halogenated alkanes) is 2. The molecule has 0 fully saturated rings. The average molecular weight is 1000 g/mol. The molecule has 19 heteroatoms. The van der Waals surface area contributed by atoms with E-state index in [0.29, 0.717) is 56.4 Å². The van der Waals surface area contributed by atoms with E-state index < -0.39 is 68.5 Å². The Labute approximate surface area is 394 Å². The van der Waals surface area contributed by atoms with Crippen LogP contribution in [0.2, 0.25) is 0 Å². The van der Waals surface area contributed by atoms with Crippen molar-refractivity contribution >= 4 is 74.7 Å². The van der Waals surface area contributed by atoms with Crippen molar-refractivity contribution in [2.24, 2.45) is 0 Å². The van der Waals surface area contributed by atoms with Crippen LogP contribution in [0, 0.1) is 0 Å². The van der Waals surface area contributed by atoms with Gasteiger partial charge in [0.1, 0.15) is 16.3 Å². The maximum atomic E-state index is 12.7. The molecule has 362 valence electrons. The molecule has 0 amide bonds. The highest BCUT2D eigenvalue weighted by molar-refractivity contribution is 7.95. The van der Waals surface area contributed by atoms with Crippen molar-refractivity contribution in [2.75, 3.05) is 29.5 Å². The zero-order chi connectivity index (χ0) is 49.3. The first-order chi connectivity index (χ1) is 31.1. The monoisotopic (exact) mass is 999 g/mol. The van der Waals surface area contributed by atoms with E-state index in [4.69, 9.17) is 0 Å². The summed E-state index contributed by atoms with van der Waals surface area (Å²) >= 11 is 0. The van der Waals surface area contributed by atoms with Gasteiger partial charge in [-0.25, -0.2) is 4.21 Å². The van der Waals surface area contributed by atoms with Crippen LogP contribution in [-0.2, 0) is 62.2 Å². The number of allylic oxidation sites excluding steroid dienone is 8. The van der Waals surface area contributed by atoms with Gasteiger partial charge in [-0.15, -0.1) is 0 Å². The topological polar surface area (TPSA) is 244 Å². The van der Waals surface area contributed by atoms with Gasteiger partial charge in [0.15, 0.2) is 5.71 Å². The second kappa shape index (κ2) is 19.7. The number of aryl methyl sites for hydroxylation is 1. The number of anilines is 1. The molecule has 0 saturated heterocycles. The fourth-order valence-electron chi connectivity index (χ4n) is 9.34. The molecule has 0 bridgehead atoms. The Kier molecular flexibility index (Phi) is 15.2. The van der Waals surface area contributed by atoms with Gasteiger partial charge >= 0.3 is 5.97 Å². The molecule has 0 saturated carbocycles. The smallest absolute Gasteiger partial charge is 0.303 e. The summed E-state index contributed by atoms with van der Waals surface area (Å²) in [6.45, 7) is 8.63. The van der Waals surface area contributed by atoms with Crippen LogP contribution < -0.4 is 4.90 Å². The molecule has 3 aromatic carbocycles. The molecule has 0 spiro atoms. The highest BCUT2D eigenvalue weighted by Crippen LogP contribution is 2.49. The Bertz CT molecular complexity index is 3070. The zero-order valence-electron chi connectivity index (χ0n) is 38.0. The molecule has 2 aliphatic heterocycles. The van der Waals surface area contributed by atoms with Crippen molar-refractivity contribution in [3.05, 3.63) is 124 Å².